The van der Waals surface area contributed by atoms with E-state index in [1.54, 1.807) is 6.07 Å². The maximum absolute atomic E-state index is 13.0. The third-order valence-corrected chi connectivity index (χ3v) is 4.18. The Morgan fingerprint density at radius 3 is 3.12 bits per heavy atom. The van der Waals surface area contributed by atoms with E-state index < -0.39 is 0 Å². The predicted octanol–water partition coefficient (Wildman–Crippen LogP) is 2.59. The number of nitrogens with zero attached hydrogens (tertiary/aromatic N) is 1. The summed E-state index contributed by atoms with van der Waals surface area (Å²) < 4.78 is 13.0. The average Bonchev–Trinajstić information content (AvgIpc) is 2.75. The molecule has 0 bridgehead atoms. The Balaban J connectivity index is 1.80. The molecule has 0 saturated carbocycles. The summed E-state index contributed by atoms with van der Waals surface area (Å²) in [7, 11) is 0. The van der Waals surface area contributed by atoms with Gasteiger partial charge in [-0.2, -0.15) is 0 Å². The van der Waals surface area contributed by atoms with Crippen molar-refractivity contribution in [2.75, 3.05) is 19.6 Å². The number of hydrogen-bond acceptors (Lipinski definition) is 2. The maximum Gasteiger partial charge on any atom is 0.124 e. The van der Waals surface area contributed by atoms with E-state index in [0.29, 0.717) is 11.1 Å². The van der Waals surface area contributed by atoms with Gasteiger partial charge in [-0.15, -0.1) is 0 Å². The quantitative estimate of drug-likeness (QED) is 0.829. The minimum atomic E-state index is -0.270. The van der Waals surface area contributed by atoms with Gasteiger partial charge in [0, 0.05) is 30.2 Å². The van der Waals surface area contributed by atoms with Gasteiger partial charge in [-0.25, -0.2) is 4.39 Å². The number of piperazine rings is 1. The summed E-state index contributed by atoms with van der Waals surface area (Å²) in [5.74, 6) is -0.270. The van der Waals surface area contributed by atoms with Gasteiger partial charge in [-0.05, 0) is 37.1 Å². The van der Waals surface area contributed by atoms with Gasteiger partial charge in [0.05, 0.1) is 0 Å². The summed E-state index contributed by atoms with van der Waals surface area (Å²) in [5, 5.41) is 4.05. The molecule has 4 heteroatoms. The molecule has 2 saturated heterocycles. The molecule has 2 fully saturated rings. The van der Waals surface area contributed by atoms with E-state index in [1.165, 1.54) is 31.5 Å². The van der Waals surface area contributed by atoms with E-state index in [4.69, 9.17) is 11.6 Å². The van der Waals surface area contributed by atoms with E-state index >= 15 is 0 Å². The number of fused-ring (bicyclic) bond motifs is 1. The van der Waals surface area contributed by atoms with Crippen LogP contribution in [-0.2, 0) is 0 Å². The maximum atomic E-state index is 13.0. The topological polar surface area (TPSA) is 15.3 Å². The third kappa shape index (κ3) is 2.19. The van der Waals surface area contributed by atoms with Crippen molar-refractivity contribution in [2.24, 2.45) is 0 Å². The molecule has 2 aliphatic rings. The molecule has 1 N–H and O–H groups in total. The van der Waals surface area contributed by atoms with Crippen LogP contribution in [0, 0.1) is 5.82 Å². The molecule has 0 aromatic heterocycles. The summed E-state index contributed by atoms with van der Waals surface area (Å²) in [6, 6.07) is 5.60. The van der Waals surface area contributed by atoms with Crippen LogP contribution in [0.2, 0.25) is 5.02 Å². The van der Waals surface area contributed by atoms with Gasteiger partial charge >= 0.3 is 0 Å². The summed E-state index contributed by atoms with van der Waals surface area (Å²) >= 11 is 6.11. The second-order valence-electron chi connectivity index (χ2n) is 4.92. The number of halogens is 2. The van der Waals surface area contributed by atoms with Crippen molar-refractivity contribution in [2.45, 2.75) is 24.9 Å². The Labute approximate surface area is 106 Å². The van der Waals surface area contributed by atoms with Gasteiger partial charge in [-0.3, -0.25) is 4.90 Å². The molecule has 1 aromatic carbocycles. The lowest BCUT2D eigenvalue weighted by molar-refractivity contribution is 0.174. The molecule has 0 spiro atoms. The highest BCUT2D eigenvalue weighted by atomic mass is 35.5. The van der Waals surface area contributed by atoms with Crippen molar-refractivity contribution >= 4 is 11.6 Å². The van der Waals surface area contributed by atoms with E-state index in [-0.39, 0.29) is 11.9 Å². The molecule has 0 aliphatic carbocycles. The molecule has 0 radical (unpaired) electrons. The zero-order valence-electron chi connectivity index (χ0n) is 9.63. The smallest absolute Gasteiger partial charge is 0.124 e. The van der Waals surface area contributed by atoms with E-state index in [9.17, 15) is 4.39 Å². The van der Waals surface area contributed by atoms with Crippen molar-refractivity contribution in [3.8, 4) is 0 Å². The zero-order chi connectivity index (χ0) is 11.8. The lowest BCUT2D eigenvalue weighted by Gasteiger charge is -2.36. The number of nitrogens with one attached hydrogen (secondary N) is 1. The zero-order valence-corrected chi connectivity index (χ0v) is 10.4. The Hall–Kier alpha value is -0.640. The van der Waals surface area contributed by atoms with E-state index in [2.05, 4.69) is 10.2 Å². The minimum Gasteiger partial charge on any atom is -0.307 e. The fraction of sp³-hybridized carbons (Fsp3) is 0.538. The lowest BCUT2D eigenvalue weighted by Crippen LogP contribution is -2.49. The largest absolute Gasteiger partial charge is 0.307 e. The van der Waals surface area contributed by atoms with Gasteiger partial charge in [0.15, 0.2) is 0 Å². The van der Waals surface area contributed by atoms with Crippen molar-refractivity contribution < 1.29 is 4.39 Å². The molecule has 92 valence electrons. The molecule has 3 rings (SSSR count). The van der Waals surface area contributed by atoms with Crippen LogP contribution in [0.15, 0.2) is 18.2 Å². The third-order valence-electron chi connectivity index (χ3n) is 3.85. The highest BCUT2D eigenvalue weighted by molar-refractivity contribution is 6.31. The van der Waals surface area contributed by atoms with Crippen LogP contribution in [0.4, 0.5) is 4.39 Å². The second kappa shape index (κ2) is 4.56. The molecule has 0 amide bonds. The van der Waals surface area contributed by atoms with Crippen LogP contribution in [0.25, 0.3) is 0 Å². The average molecular weight is 255 g/mol. The first-order valence-electron chi connectivity index (χ1n) is 6.16. The Morgan fingerprint density at radius 1 is 1.41 bits per heavy atom. The molecule has 2 heterocycles. The SMILES string of the molecule is Fc1ccc([C@@H]2CN3CCC[C@H]3CN2)c(Cl)c1. The fourth-order valence-corrected chi connectivity index (χ4v) is 3.24. The van der Waals surface area contributed by atoms with Crippen molar-refractivity contribution in [3.63, 3.8) is 0 Å². The standard InChI is InChI=1S/C13H16ClFN2/c14-12-6-9(15)3-4-11(12)13-8-17-5-1-2-10(17)7-16-13/h3-4,6,10,13,16H,1-2,5,7-8H2/t10-,13-/m0/s1. The fourth-order valence-electron chi connectivity index (χ4n) is 2.94. The van der Waals surface area contributed by atoms with Crippen molar-refractivity contribution in [1.29, 1.82) is 0 Å². The van der Waals surface area contributed by atoms with E-state index in [1.807, 2.05) is 0 Å². The number of benzene rings is 1. The molecule has 2 aliphatic heterocycles. The number of rotatable bonds is 1. The molecule has 2 nitrogen and oxygen atoms in total. The second-order valence-corrected chi connectivity index (χ2v) is 5.32. The number of hydrogen-bond donors (Lipinski definition) is 1. The monoisotopic (exact) mass is 254 g/mol. The summed E-state index contributed by atoms with van der Waals surface area (Å²) in [6.07, 6.45) is 2.58. The highest BCUT2D eigenvalue weighted by Gasteiger charge is 2.32. The first-order chi connectivity index (χ1) is 8.24. The highest BCUT2D eigenvalue weighted by Crippen LogP contribution is 2.30. The van der Waals surface area contributed by atoms with Crippen LogP contribution in [0.3, 0.4) is 0 Å². The Morgan fingerprint density at radius 2 is 2.29 bits per heavy atom. The molecule has 17 heavy (non-hydrogen) atoms. The normalized spacial score (nSPS) is 29.3. The minimum absolute atomic E-state index is 0.234. The first-order valence-corrected chi connectivity index (χ1v) is 6.54. The van der Waals surface area contributed by atoms with Crippen LogP contribution < -0.4 is 5.32 Å². The van der Waals surface area contributed by atoms with Gasteiger partial charge in [0.25, 0.3) is 0 Å². The van der Waals surface area contributed by atoms with Crippen molar-refractivity contribution in [1.82, 2.24) is 10.2 Å². The predicted molar refractivity (Wildman–Crippen MR) is 66.7 cm³/mol. The molecule has 1 aromatic rings. The first kappa shape index (κ1) is 11.5. The Bertz CT molecular complexity index is 424. The lowest BCUT2D eigenvalue weighted by atomic mass is 10.0. The van der Waals surface area contributed by atoms with Crippen molar-refractivity contribution in [3.05, 3.63) is 34.6 Å². The summed E-state index contributed by atoms with van der Waals surface area (Å²) in [6.45, 7) is 3.18. The molecule has 2 atom stereocenters. The molecular weight excluding hydrogens is 239 g/mol. The Kier molecular flexibility index (Phi) is 3.07. The van der Waals surface area contributed by atoms with E-state index in [0.717, 1.165) is 18.7 Å². The molecular formula is C13H16ClFN2. The van der Waals surface area contributed by atoms with Gasteiger partial charge in [0.1, 0.15) is 5.82 Å². The van der Waals surface area contributed by atoms with Gasteiger partial charge in [0.2, 0.25) is 0 Å². The van der Waals surface area contributed by atoms with Gasteiger partial charge < -0.3 is 5.32 Å². The summed E-state index contributed by atoms with van der Waals surface area (Å²) in [5.41, 5.74) is 1.01. The molecule has 0 unspecified atom stereocenters. The van der Waals surface area contributed by atoms with Crippen LogP contribution in [-0.4, -0.2) is 30.6 Å². The van der Waals surface area contributed by atoms with Crippen LogP contribution in [0.1, 0.15) is 24.4 Å². The van der Waals surface area contributed by atoms with Crippen LogP contribution in [0.5, 0.6) is 0 Å². The summed E-state index contributed by atoms with van der Waals surface area (Å²) in [4.78, 5) is 2.51. The van der Waals surface area contributed by atoms with Crippen LogP contribution >= 0.6 is 11.6 Å². The van der Waals surface area contributed by atoms with Gasteiger partial charge in [-0.1, -0.05) is 17.7 Å².